The number of halogens is 1. The van der Waals surface area contributed by atoms with Gasteiger partial charge in [-0.2, -0.15) is 0 Å². The van der Waals surface area contributed by atoms with E-state index in [-0.39, 0.29) is 0 Å². The summed E-state index contributed by atoms with van der Waals surface area (Å²) in [5.74, 6) is 0. The van der Waals surface area contributed by atoms with E-state index >= 15 is 0 Å². The van der Waals surface area contributed by atoms with Gasteiger partial charge in [0.05, 0.1) is 11.4 Å². The number of anilines is 1. The zero-order valence-electron chi connectivity index (χ0n) is 10.6. The number of aryl methyl sites for hydroxylation is 1. The summed E-state index contributed by atoms with van der Waals surface area (Å²) in [5, 5.41) is 0.605. The average Bonchev–Trinajstić information content (AvgIpc) is 2.89. The zero-order chi connectivity index (χ0) is 13.4. The molecule has 0 aliphatic heterocycles. The van der Waals surface area contributed by atoms with Crippen molar-refractivity contribution in [2.45, 2.75) is 13.3 Å². The van der Waals surface area contributed by atoms with Gasteiger partial charge < -0.3 is 5.73 Å². The van der Waals surface area contributed by atoms with Gasteiger partial charge in [-0.3, -0.25) is 4.40 Å². The number of nitrogens with zero attached hydrogens (tertiary/aromatic N) is 2. The highest BCUT2D eigenvalue weighted by Crippen LogP contribution is 2.25. The Labute approximate surface area is 116 Å². The second-order valence-electron chi connectivity index (χ2n) is 4.48. The molecule has 19 heavy (non-hydrogen) atoms. The van der Waals surface area contributed by atoms with Gasteiger partial charge in [0.2, 0.25) is 0 Å². The lowest BCUT2D eigenvalue weighted by atomic mass is 10.1. The fraction of sp³-hybridized carbons (Fsp3) is 0.133. The van der Waals surface area contributed by atoms with Gasteiger partial charge in [0.25, 0.3) is 0 Å². The van der Waals surface area contributed by atoms with Crippen molar-refractivity contribution < 1.29 is 0 Å². The molecular weight excluding hydrogens is 258 g/mol. The minimum atomic E-state index is 0.605. The Morgan fingerprint density at radius 1 is 1.16 bits per heavy atom. The molecule has 0 saturated heterocycles. The molecule has 0 atom stereocenters. The normalized spacial score (nSPS) is 11.1. The highest BCUT2D eigenvalue weighted by Gasteiger charge is 2.08. The first-order chi connectivity index (χ1) is 9.19. The molecule has 96 valence electrons. The number of pyridine rings is 1. The van der Waals surface area contributed by atoms with Gasteiger partial charge in [0.15, 0.2) is 5.65 Å². The second-order valence-corrected chi connectivity index (χ2v) is 4.87. The van der Waals surface area contributed by atoms with Crippen LogP contribution in [-0.2, 0) is 6.42 Å². The van der Waals surface area contributed by atoms with Crippen LogP contribution < -0.4 is 5.73 Å². The number of hydrogen-bond acceptors (Lipinski definition) is 2. The van der Waals surface area contributed by atoms with Crippen molar-refractivity contribution in [1.82, 2.24) is 9.38 Å². The van der Waals surface area contributed by atoms with Gasteiger partial charge in [-0.1, -0.05) is 42.8 Å². The first-order valence-corrected chi connectivity index (χ1v) is 6.59. The summed E-state index contributed by atoms with van der Waals surface area (Å²) in [5.41, 5.74) is 10.5. The van der Waals surface area contributed by atoms with Gasteiger partial charge >= 0.3 is 0 Å². The number of benzene rings is 1. The highest BCUT2D eigenvalue weighted by atomic mass is 35.5. The molecule has 1 aromatic carbocycles. The number of hydrogen-bond donors (Lipinski definition) is 1. The maximum absolute atomic E-state index is 6.14. The smallest absolute Gasteiger partial charge is 0.161 e. The number of rotatable bonds is 2. The molecule has 3 nitrogen and oxygen atoms in total. The van der Waals surface area contributed by atoms with Crippen molar-refractivity contribution in [1.29, 1.82) is 0 Å². The van der Waals surface area contributed by atoms with Crippen LogP contribution in [0.3, 0.4) is 0 Å². The molecule has 2 aromatic heterocycles. The van der Waals surface area contributed by atoms with Crippen LogP contribution >= 0.6 is 11.6 Å². The third kappa shape index (κ3) is 2.06. The minimum absolute atomic E-state index is 0.605. The van der Waals surface area contributed by atoms with E-state index in [2.05, 4.69) is 36.2 Å². The van der Waals surface area contributed by atoms with Crippen LogP contribution in [0.5, 0.6) is 0 Å². The summed E-state index contributed by atoms with van der Waals surface area (Å²) >= 11 is 6.14. The first-order valence-electron chi connectivity index (χ1n) is 6.21. The number of fused-ring (bicyclic) bond motifs is 1. The van der Waals surface area contributed by atoms with Crippen molar-refractivity contribution in [3.63, 3.8) is 0 Å². The number of nitrogen functional groups attached to an aromatic ring is 1. The average molecular weight is 272 g/mol. The third-order valence-corrected chi connectivity index (χ3v) is 3.56. The summed E-state index contributed by atoms with van der Waals surface area (Å²) in [6, 6.07) is 11.9. The summed E-state index contributed by atoms with van der Waals surface area (Å²) in [6.45, 7) is 2.14. The Kier molecular flexibility index (Phi) is 2.91. The first kappa shape index (κ1) is 12.1. The van der Waals surface area contributed by atoms with Crippen LogP contribution in [0.25, 0.3) is 16.9 Å². The Hall–Kier alpha value is -2.00. The van der Waals surface area contributed by atoms with Gasteiger partial charge in [-0.05, 0) is 24.1 Å². The topological polar surface area (TPSA) is 43.3 Å². The fourth-order valence-electron chi connectivity index (χ4n) is 2.11. The van der Waals surface area contributed by atoms with Crippen molar-refractivity contribution in [3.8, 4) is 11.3 Å². The van der Waals surface area contributed by atoms with Crippen molar-refractivity contribution in [3.05, 3.63) is 53.3 Å². The SMILES string of the molecule is CCc1ccc(-c2cn3c(Cl)ccc(N)c3n2)cc1. The number of aromatic nitrogens is 2. The Balaban J connectivity index is 2.14. The number of imidazole rings is 1. The second kappa shape index (κ2) is 4.59. The van der Waals surface area contributed by atoms with Crippen LogP contribution in [0.2, 0.25) is 5.15 Å². The molecule has 0 aliphatic carbocycles. The predicted octanol–water partition coefficient (Wildman–Crippen LogP) is 3.80. The van der Waals surface area contributed by atoms with Crippen LogP contribution in [0.1, 0.15) is 12.5 Å². The molecule has 0 radical (unpaired) electrons. The molecule has 4 heteroatoms. The van der Waals surface area contributed by atoms with Crippen molar-refractivity contribution in [2.24, 2.45) is 0 Å². The monoisotopic (exact) mass is 271 g/mol. The summed E-state index contributed by atoms with van der Waals surface area (Å²) in [4.78, 5) is 4.55. The molecule has 0 fully saturated rings. The van der Waals surface area contributed by atoms with E-state index in [1.807, 2.05) is 6.20 Å². The summed E-state index contributed by atoms with van der Waals surface area (Å²) < 4.78 is 1.81. The van der Waals surface area contributed by atoms with Crippen molar-refractivity contribution >= 4 is 22.9 Å². The fourth-order valence-corrected chi connectivity index (χ4v) is 2.30. The Bertz CT molecular complexity index is 690. The molecule has 3 aromatic rings. The maximum atomic E-state index is 6.14. The van der Waals surface area contributed by atoms with E-state index in [1.165, 1.54) is 5.56 Å². The Morgan fingerprint density at radius 3 is 2.53 bits per heavy atom. The highest BCUT2D eigenvalue weighted by molar-refractivity contribution is 6.29. The lowest BCUT2D eigenvalue weighted by molar-refractivity contribution is 1.14. The summed E-state index contributed by atoms with van der Waals surface area (Å²) in [6.07, 6.45) is 2.94. The Morgan fingerprint density at radius 2 is 1.89 bits per heavy atom. The molecular formula is C15H14ClN3. The molecule has 0 spiro atoms. The predicted molar refractivity (Wildman–Crippen MR) is 79.4 cm³/mol. The van der Waals surface area contributed by atoms with Crippen molar-refractivity contribution in [2.75, 3.05) is 5.73 Å². The van der Waals surface area contributed by atoms with E-state index in [1.54, 1.807) is 16.5 Å². The maximum Gasteiger partial charge on any atom is 0.161 e. The number of nitrogens with two attached hydrogens (primary N) is 1. The van der Waals surface area contributed by atoms with Gasteiger partial charge in [-0.15, -0.1) is 0 Å². The van der Waals surface area contributed by atoms with Crippen LogP contribution in [-0.4, -0.2) is 9.38 Å². The molecule has 2 heterocycles. The van der Waals surface area contributed by atoms with Gasteiger partial charge in [-0.25, -0.2) is 4.98 Å². The van der Waals surface area contributed by atoms with Crippen LogP contribution in [0.4, 0.5) is 5.69 Å². The quantitative estimate of drug-likeness (QED) is 0.721. The van der Waals surface area contributed by atoms with Gasteiger partial charge in [0, 0.05) is 11.8 Å². The zero-order valence-corrected chi connectivity index (χ0v) is 11.4. The molecule has 0 aliphatic rings. The van der Waals surface area contributed by atoms with Gasteiger partial charge in [0.1, 0.15) is 5.15 Å². The molecule has 3 rings (SSSR count). The van der Waals surface area contributed by atoms with E-state index in [0.717, 1.165) is 17.7 Å². The molecule has 0 saturated carbocycles. The standard InChI is InChI=1S/C15H14ClN3/c1-2-10-3-5-11(6-4-10)13-9-19-14(16)8-7-12(17)15(19)18-13/h3-9H,2,17H2,1H3. The molecule has 0 bridgehead atoms. The molecule has 0 unspecified atom stereocenters. The lowest BCUT2D eigenvalue weighted by Crippen LogP contribution is -1.92. The van der Waals surface area contributed by atoms with Crippen LogP contribution in [0, 0.1) is 0 Å². The molecule has 2 N–H and O–H groups in total. The summed E-state index contributed by atoms with van der Waals surface area (Å²) in [7, 11) is 0. The third-order valence-electron chi connectivity index (χ3n) is 3.25. The minimum Gasteiger partial charge on any atom is -0.396 e. The van der Waals surface area contributed by atoms with E-state index in [9.17, 15) is 0 Å². The lowest BCUT2D eigenvalue weighted by Gasteiger charge is -1.98. The molecule has 0 amide bonds. The van der Waals surface area contributed by atoms with E-state index in [0.29, 0.717) is 16.5 Å². The van der Waals surface area contributed by atoms with Crippen LogP contribution in [0.15, 0.2) is 42.6 Å². The largest absolute Gasteiger partial charge is 0.396 e. The van der Waals surface area contributed by atoms with E-state index in [4.69, 9.17) is 17.3 Å². The van der Waals surface area contributed by atoms with E-state index < -0.39 is 0 Å².